The van der Waals surface area contributed by atoms with E-state index in [-0.39, 0.29) is 22.4 Å². The molecule has 0 aliphatic carbocycles. The number of sulfonamides is 1. The van der Waals surface area contributed by atoms with E-state index in [2.05, 4.69) is 4.72 Å². The minimum atomic E-state index is -3.83. The van der Waals surface area contributed by atoms with Gasteiger partial charge in [0, 0.05) is 11.3 Å². The summed E-state index contributed by atoms with van der Waals surface area (Å²) in [4.78, 5) is -0.191. The molecule has 0 radical (unpaired) electrons. The van der Waals surface area contributed by atoms with Crippen LogP contribution in [-0.4, -0.2) is 37.7 Å². The fourth-order valence-corrected chi connectivity index (χ4v) is 3.51. The molecule has 2 unspecified atom stereocenters. The summed E-state index contributed by atoms with van der Waals surface area (Å²) >= 11 is 1.35. The minimum Gasteiger partial charge on any atom is -0.396 e. The average Bonchev–Trinajstić information content (AvgIpc) is 2.33. The van der Waals surface area contributed by atoms with Crippen molar-refractivity contribution >= 4 is 27.5 Å². The van der Waals surface area contributed by atoms with Crippen molar-refractivity contribution in [3.05, 3.63) is 24.0 Å². The van der Waals surface area contributed by atoms with Gasteiger partial charge in [-0.25, -0.2) is 17.5 Å². The first-order chi connectivity index (χ1) is 8.81. The van der Waals surface area contributed by atoms with Gasteiger partial charge in [-0.1, -0.05) is 0 Å². The third-order valence-electron chi connectivity index (χ3n) is 2.66. The van der Waals surface area contributed by atoms with Crippen LogP contribution in [0.4, 0.5) is 10.1 Å². The molecule has 1 aromatic rings. The Morgan fingerprint density at radius 3 is 2.63 bits per heavy atom. The van der Waals surface area contributed by atoms with Crippen molar-refractivity contribution in [3.63, 3.8) is 0 Å². The van der Waals surface area contributed by atoms with Crippen LogP contribution in [0.2, 0.25) is 0 Å². The number of aliphatic hydroxyl groups is 1. The Kier molecular flexibility index (Phi) is 5.60. The number of hydrogen-bond donors (Lipinski definition) is 3. The van der Waals surface area contributed by atoms with E-state index in [4.69, 9.17) is 10.8 Å². The smallest absolute Gasteiger partial charge is 0.240 e. The van der Waals surface area contributed by atoms with Gasteiger partial charge in [0.15, 0.2) is 0 Å². The van der Waals surface area contributed by atoms with Crippen LogP contribution in [0.3, 0.4) is 0 Å². The molecule has 0 saturated carbocycles. The molecule has 5 nitrogen and oxygen atoms in total. The van der Waals surface area contributed by atoms with E-state index in [0.717, 1.165) is 6.07 Å². The van der Waals surface area contributed by atoms with Crippen LogP contribution in [0, 0.1) is 5.82 Å². The average molecular weight is 308 g/mol. The summed E-state index contributed by atoms with van der Waals surface area (Å²) in [6.45, 7) is 1.49. The Balaban J connectivity index is 2.95. The van der Waals surface area contributed by atoms with E-state index in [9.17, 15) is 12.8 Å². The second-order valence-corrected chi connectivity index (χ2v) is 6.84. The first kappa shape index (κ1) is 16.2. The molecule has 0 heterocycles. The number of nitrogens with one attached hydrogen (secondary N) is 1. The highest BCUT2D eigenvalue weighted by Gasteiger charge is 2.23. The zero-order chi connectivity index (χ0) is 14.6. The van der Waals surface area contributed by atoms with Gasteiger partial charge in [-0.3, -0.25) is 0 Å². The second kappa shape index (κ2) is 6.56. The molecule has 2 atom stereocenters. The molecular weight excluding hydrogens is 291 g/mol. The van der Waals surface area contributed by atoms with E-state index in [1.165, 1.54) is 23.9 Å². The van der Waals surface area contributed by atoms with E-state index in [1.807, 2.05) is 0 Å². The molecular formula is C11H17FN2O3S2. The topological polar surface area (TPSA) is 92.4 Å². The largest absolute Gasteiger partial charge is 0.396 e. The SMILES string of the molecule is CSC(CO)C(C)NS(=O)(=O)c1ccc(N)c(F)c1. The molecule has 0 aromatic heterocycles. The van der Waals surface area contributed by atoms with Crippen molar-refractivity contribution in [2.75, 3.05) is 18.6 Å². The third-order valence-corrected chi connectivity index (χ3v) is 5.38. The van der Waals surface area contributed by atoms with E-state index < -0.39 is 21.9 Å². The van der Waals surface area contributed by atoms with Gasteiger partial charge in [0.25, 0.3) is 0 Å². The highest BCUT2D eigenvalue weighted by atomic mass is 32.2. The second-order valence-electron chi connectivity index (χ2n) is 4.05. The highest BCUT2D eigenvalue weighted by molar-refractivity contribution is 7.99. The number of anilines is 1. The Hall–Kier alpha value is -0.830. The molecule has 8 heteroatoms. The zero-order valence-corrected chi connectivity index (χ0v) is 12.3. The number of thioether (sulfide) groups is 1. The van der Waals surface area contributed by atoms with Crippen molar-refractivity contribution in [3.8, 4) is 0 Å². The molecule has 0 fully saturated rings. The molecule has 0 aliphatic rings. The van der Waals surface area contributed by atoms with E-state index >= 15 is 0 Å². The number of hydrogen-bond acceptors (Lipinski definition) is 5. The lowest BCUT2D eigenvalue weighted by Gasteiger charge is -2.21. The molecule has 4 N–H and O–H groups in total. The van der Waals surface area contributed by atoms with Gasteiger partial charge in [-0.2, -0.15) is 11.8 Å². The highest BCUT2D eigenvalue weighted by Crippen LogP contribution is 2.18. The van der Waals surface area contributed by atoms with Crippen molar-refractivity contribution in [2.24, 2.45) is 0 Å². The normalized spacial score (nSPS) is 15.2. The number of benzene rings is 1. The first-order valence-electron chi connectivity index (χ1n) is 5.53. The minimum absolute atomic E-state index is 0.107. The van der Waals surface area contributed by atoms with Crippen LogP contribution in [0.25, 0.3) is 0 Å². The van der Waals surface area contributed by atoms with Gasteiger partial charge < -0.3 is 10.8 Å². The lowest BCUT2D eigenvalue weighted by atomic mass is 10.3. The number of aliphatic hydroxyl groups excluding tert-OH is 1. The molecule has 0 aliphatic heterocycles. The lowest BCUT2D eigenvalue weighted by molar-refractivity contribution is 0.282. The Morgan fingerprint density at radius 1 is 1.53 bits per heavy atom. The molecule has 108 valence electrons. The summed E-state index contributed by atoms with van der Waals surface area (Å²) in [5, 5.41) is 8.84. The summed E-state index contributed by atoms with van der Waals surface area (Å²) < 4.78 is 39.7. The molecule has 0 spiro atoms. The van der Waals surface area contributed by atoms with Crippen LogP contribution >= 0.6 is 11.8 Å². The van der Waals surface area contributed by atoms with Crippen LogP contribution in [0.1, 0.15) is 6.92 Å². The van der Waals surface area contributed by atoms with Gasteiger partial charge >= 0.3 is 0 Å². The maximum Gasteiger partial charge on any atom is 0.240 e. The van der Waals surface area contributed by atoms with Crippen LogP contribution in [0.15, 0.2) is 23.1 Å². The number of rotatable bonds is 6. The molecule has 1 aromatic carbocycles. The van der Waals surface area contributed by atoms with Gasteiger partial charge in [-0.15, -0.1) is 0 Å². The number of nitrogen functional groups attached to an aromatic ring is 1. The summed E-state index contributed by atoms with van der Waals surface area (Å²) in [5.41, 5.74) is 5.19. The quantitative estimate of drug-likeness (QED) is 0.676. The Morgan fingerprint density at radius 2 is 2.16 bits per heavy atom. The van der Waals surface area contributed by atoms with Crippen molar-refractivity contribution in [1.82, 2.24) is 4.72 Å². The van der Waals surface area contributed by atoms with Crippen molar-refractivity contribution in [1.29, 1.82) is 0 Å². The Labute approximate surface area is 116 Å². The monoisotopic (exact) mass is 308 g/mol. The summed E-state index contributed by atoms with van der Waals surface area (Å²) in [6, 6.07) is 2.83. The van der Waals surface area contributed by atoms with E-state index in [1.54, 1.807) is 13.2 Å². The molecule has 0 bridgehead atoms. The standard InChI is InChI=1S/C11H17FN2O3S2/c1-7(11(6-15)18-2)14-19(16,17)8-3-4-10(13)9(12)5-8/h3-5,7,11,14-15H,6,13H2,1-2H3. The first-order valence-corrected chi connectivity index (χ1v) is 8.30. The van der Waals surface area contributed by atoms with Crippen LogP contribution < -0.4 is 10.5 Å². The lowest BCUT2D eigenvalue weighted by Crippen LogP contribution is -2.41. The van der Waals surface area contributed by atoms with Gasteiger partial charge in [0.05, 0.1) is 17.2 Å². The van der Waals surface area contributed by atoms with E-state index in [0.29, 0.717) is 0 Å². The maximum atomic E-state index is 13.3. The third kappa shape index (κ3) is 4.07. The molecule has 0 saturated heterocycles. The van der Waals surface area contributed by atoms with Gasteiger partial charge in [0.2, 0.25) is 10.0 Å². The van der Waals surface area contributed by atoms with Crippen LogP contribution in [-0.2, 0) is 10.0 Å². The summed E-state index contributed by atoms with van der Waals surface area (Å²) in [7, 11) is -3.83. The zero-order valence-electron chi connectivity index (χ0n) is 10.6. The molecule has 0 amide bonds. The number of nitrogens with two attached hydrogens (primary N) is 1. The predicted molar refractivity (Wildman–Crippen MR) is 75.0 cm³/mol. The summed E-state index contributed by atoms with van der Waals surface area (Å²) in [5.74, 6) is -0.779. The Bertz CT molecular complexity index is 533. The fraction of sp³-hybridized carbons (Fsp3) is 0.455. The predicted octanol–water partition coefficient (Wildman–Crippen LogP) is 0.799. The molecule has 1 rings (SSSR count). The fourth-order valence-electron chi connectivity index (χ4n) is 1.50. The van der Waals surface area contributed by atoms with Crippen LogP contribution in [0.5, 0.6) is 0 Å². The van der Waals surface area contributed by atoms with Crippen molar-refractivity contribution < 1.29 is 17.9 Å². The maximum absolute atomic E-state index is 13.3. The summed E-state index contributed by atoms with van der Waals surface area (Å²) in [6.07, 6.45) is 1.77. The molecule has 19 heavy (non-hydrogen) atoms. The van der Waals surface area contributed by atoms with Gasteiger partial charge in [0.1, 0.15) is 5.82 Å². The number of halogens is 1. The van der Waals surface area contributed by atoms with Gasteiger partial charge in [-0.05, 0) is 31.4 Å². The van der Waals surface area contributed by atoms with Crippen molar-refractivity contribution in [2.45, 2.75) is 23.1 Å².